The van der Waals surface area contributed by atoms with Crippen LogP contribution >= 0.6 is 22.6 Å². The molecule has 2 atom stereocenters. The van der Waals surface area contributed by atoms with Crippen LogP contribution in [-0.2, 0) is 14.3 Å². The summed E-state index contributed by atoms with van der Waals surface area (Å²) in [5.74, 6) is -0.297. The minimum Gasteiger partial charge on any atom is -0.465 e. The monoisotopic (exact) mass is 394 g/mol. The van der Waals surface area contributed by atoms with Crippen molar-refractivity contribution < 1.29 is 18.8 Å². The second-order valence-corrected chi connectivity index (χ2v) is 7.14. The van der Waals surface area contributed by atoms with Gasteiger partial charge in [-0.25, -0.2) is 0 Å². The van der Waals surface area contributed by atoms with Gasteiger partial charge in [0.15, 0.2) is 11.2 Å². The van der Waals surface area contributed by atoms with Gasteiger partial charge in [-0.05, 0) is 33.1 Å². The minimum atomic E-state index is -0.886. The Kier molecular flexibility index (Phi) is 5.10. The van der Waals surface area contributed by atoms with Crippen LogP contribution < -0.4 is 0 Å². The molecule has 1 spiro atoms. The van der Waals surface area contributed by atoms with E-state index in [9.17, 15) is 9.59 Å². The highest BCUT2D eigenvalue weighted by Gasteiger charge is 2.61. The van der Waals surface area contributed by atoms with Gasteiger partial charge in [0, 0.05) is 6.42 Å². The smallest absolute Gasteiger partial charge is 0.325 e. The summed E-state index contributed by atoms with van der Waals surface area (Å²) < 4.78 is 7.21. The number of hydrogen-bond donors (Lipinski definition) is 0. The first-order valence-corrected chi connectivity index (χ1v) is 9.13. The van der Waals surface area contributed by atoms with Crippen LogP contribution in [0.3, 0.4) is 0 Å². The Bertz CT molecular complexity index is 393. The molecule has 2 rings (SSSR count). The van der Waals surface area contributed by atoms with E-state index in [4.69, 9.17) is 4.74 Å². The Labute approximate surface area is 135 Å². The number of Topliss-reactive ketones (excluding diaryl/α,β-unsaturated/α-hetero) is 1. The number of ether oxygens (including phenoxy) is 1. The van der Waals surface area contributed by atoms with E-state index in [1.165, 1.54) is 19.3 Å². The second-order valence-electron chi connectivity index (χ2n) is 6.26. The number of piperidine rings is 1. The van der Waals surface area contributed by atoms with Crippen molar-refractivity contribution in [2.24, 2.45) is 5.41 Å². The van der Waals surface area contributed by atoms with Crippen LogP contribution in [0.25, 0.3) is 0 Å². The third-order valence-electron chi connectivity index (χ3n) is 5.17. The van der Waals surface area contributed by atoms with Gasteiger partial charge in [0.25, 0.3) is 0 Å². The Hall–Kier alpha value is -0.170. The number of esters is 1. The molecular formula is C15H25INO3+. The number of halogens is 1. The van der Waals surface area contributed by atoms with Crippen molar-refractivity contribution in [1.29, 1.82) is 0 Å². The lowest BCUT2D eigenvalue weighted by Crippen LogP contribution is -2.57. The zero-order chi connectivity index (χ0) is 14.8. The zero-order valence-electron chi connectivity index (χ0n) is 12.5. The summed E-state index contributed by atoms with van der Waals surface area (Å²) in [6, 6.07) is 0.421. The Morgan fingerprint density at radius 3 is 2.45 bits per heavy atom. The Morgan fingerprint density at radius 1 is 1.30 bits per heavy atom. The highest BCUT2D eigenvalue weighted by molar-refractivity contribution is 14.1. The summed E-state index contributed by atoms with van der Waals surface area (Å²) >= 11 is 2.41. The standard InChI is InChI=1S/C15H25INO3/c1-3-20-14(19)15(12(2)18)9-13(10-16)17(11-15)7-5-4-6-8-17/h13H,3-11H2,1-2H3/q+1. The molecule has 0 saturated carbocycles. The van der Waals surface area contributed by atoms with Gasteiger partial charge in [-0.1, -0.05) is 22.6 Å². The maximum atomic E-state index is 12.4. The third-order valence-corrected chi connectivity index (χ3v) is 6.19. The Balaban J connectivity index is 2.31. The number of carbonyl (C=O) groups is 2. The molecule has 20 heavy (non-hydrogen) atoms. The highest BCUT2D eigenvalue weighted by atomic mass is 127. The van der Waals surface area contributed by atoms with Crippen LogP contribution in [0.2, 0.25) is 0 Å². The van der Waals surface area contributed by atoms with Crippen LogP contribution in [0.1, 0.15) is 39.5 Å². The van der Waals surface area contributed by atoms with Crippen molar-refractivity contribution in [3.8, 4) is 0 Å². The minimum absolute atomic E-state index is 0.00799. The SMILES string of the molecule is CCOC(=O)C1(C(C)=O)CC(CI)[N+]2(CCCCC2)C1. The van der Waals surface area contributed by atoms with E-state index in [0.29, 0.717) is 25.6 Å². The van der Waals surface area contributed by atoms with Gasteiger partial charge in [-0.15, -0.1) is 0 Å². The number of ketones is 1. The first kappa shape index (κ1) is 16.2. The average Bonchev–Trinajstić information content (AvgIpc) is 2.75. The number of alkyl halides is 1. The third kappa shape index (κ3) is 2.63. The maximum absolute atomic E-state index is 12.4. The van der Waals surface area contributed by atoms with Gasteiger partial charge in [0.1, 0.15) is 6.54 Å². The molecule has 0 aromatic rings. The van der Waals surface area contributed by atoms with Gasteiger partial charge in [-0.3, -0.25) is 9.59 Å². The van der Waals surface area contributed by atoms with Crippen LogP contribution in [0, 0.1) is 5.41 Å². The van der Waals surface area contributed by atoms with E-state index < -0.39 is 5.41 Å². The van der Waals surface area contributed by atoms with Crippen LogP contribution in [0.5, 0.6) is 0 Å². The van der Waals surface area contributed by atoms with Crippen LogP contribution in [-0.4, -0.2) is 52.9 Å². The molecule has 0 amide bonds. The molecule has 0 aliphatic carbocycles. The molecule has 0 aromatic heterocycles. The molecule has 0 radical (unpaired) electrons. The normalized spacial score (nSPS) is 32.2. The highest BCUT2D eigenvalue weighted by Crippen LogP contribution is 2.44. The molecular weight excluding hydrogens is 369 g/mol. The van der Waals surface area contributed by atoms with Gasteiger partial charge in [-0.2, -0.15) is 0 Å². The Morgan fingerprint density at radius 2 is 1.95 bits per heavy atom. The van der Waals surface area contributed by atoms with Crippen molar-refractivity contribution in [3.63, 3.8) is 0 Å². The summed E-state index contributed by atoms with van der Waals surface area (Å²) in [5.41, 5.74) is -0.886. The lowest BCUT2D eigenvalue weighted by molar-refractivity contribution is -0.942. The number of hydrogen-bond acceptors (Lipinski definition) is 3. The number of nitrogens with zero attached hydrogens (tertiary/aromatic N) is 1. The first-order valence-electron chi connectivity index (χ1n) is 7.61. The van der Waals surface area contributed by atoms with E-state index in [1.54, 1.807) is 6.92 Å². The van der Waals surface area contributed by atoms with Gasteiger partial charge in [0.2, 0.25) is 0 Å². The first-order chi connectivity index (χ1) is 9.50. The van der Waals surface area contributed by atoms with Crippen molar-refractivity contribution in [1.82, 2.24) is 0 Å². The van der Waals surface area contributed by atoms with Crippen molar-refractivity contribution >= 4 is 34.3 Å². The predicted molar refractivity (Wildman–Crippen MR) is 85.8 cm³/mol. The lowest BCUT2D eigenvalue weighted by atomic mass is 9.82. The fourth-order valence-corrected chi connectivity index (χ4v) is 5.16. The summed E-state index contributed by atoms with van der Waals surface area (Å²) in [5, 5.41) is 0. The fraction of sp³-hybridized carbons (Fsp3) is 0.867. The van der Waals surface area contributed by atoms with E-state index in [-0.39, 0.29) is 11.8 Å². The van der Waals surface area contributed by atoms with Crippen LogP contribution in [0.15, 0.2) is 0 Å². The molecule has 2 fully saturated rings. The van der Waals surface area contributed by atoms with E-state index in [2.05, 4.69) is 22.6 Å². The van der Waals surface area contributed by atoms with Gasteiger partial charge >= 0.3 is 5.97 Å². The molecule has 2 aliphatic heterocycles. The molecule has 2 aliphatic rings. The molecule has 2 saturated heterocycles. The zero-order valence-corrected chi connectivity index (χ0v) is 14.6. The molecule has 114 valence electrons. The van der Waals surface area contributed by atoms with Crippen molar-refractivity contribution in [3.05, 3.63) is 0 Å². The number of rotatable bonds is 4. The van der Waals surface area contributed by atoms with Gasteiger partial charge in [0.05, 0.1) is 30.2 Å². The summed E-state index contributed by atoms with van der Waals surface area (Å²) in [4.78, 5) is 24.7. The van der Waals surface area contributed by atoms with Crippen LogP contribution in [0.4, 0.5) is 0 Å². The van der Waals surface area contributed by atoms with Crippen molar-refractivity contribution in [2.75, 3.05) is 30.7 Å². The maximum Gasteiger partial charge on any atom is 0.325 e. The largest absolute Gasteiger partial charge is 0.465 e. The molecule has 0 bridgehead atoms. The van der Waals surface area contributed by atoms with E-state index >= 15 is 0 Å². The summed E-state index contributed by atoms with van der Waals surface area (Å²) in [7, 11) is 0. The number of quaternary nitrogens is 1. The molecule has 2 unspecified atom stereocenters. The molecule has 2 heterocycles. The summed E-state index contributed by atoms with van der Waals surface area (Å²) in [6.45, 7) is 6.61. The summed E-state index contributed by atoms with van der Waals surface area (Å²) in [6.07, 6.45) is 4.37. The van der Waals surface area contributed by atoms with E-state index in [0.717, 1.165) is 22.0 Å². The second kappa shape index (κ2) is 6.30. The molecule has 0 aromatic carbocycles. The predicted octanol–water partition coefficient (Wildman–Crippen LogP) is 2.33. The van der Waals surface area contributed by atoms with Gasteiger partial charge < -0.3 is 9.22 Å². The quantitative estimate of drug-likeness (QED) is 0.242. The van der Waals surface area contributed by atoms with Crippen molar-refractivity contribution in [2.45, 2.75) is 45.6 Å². The molecule has 5 heteroatoms. The molecule has 4 nitrogen and oxygen atoms in total. The fourth-order valence-electron chi connectivity index (χ4n) is 4.01. The lowest BCUT2D eigenvalue weighted by Gasteiger charge is -2.43. The topological polar surface area (TPSA) is 43.4 Å². The average molecular weight is 394 g/mol. The molecule has 0 N–H and O–H groups in total. The number of carbonyl (C=O) groups excluding carboxylic acids is 2. The van der Waals surface area contributed by atoms with E-state index in [1.807, 2.05) is 6.92 Å².